The van der Waals surface area contributed by atoms with Crippen LogP contribution in [0.2, 0.25) is 0 Å². The van der Waals surface area contributed by atoms with Crippen molar-refractivity contribution >= 4 is 21.6 Å². The number of hydrogen-bond donors (Lipinski definition) is 3. The normalized spacial score (nSPS) is 11.0. The largest absolute Gasteiger partial charge is 0.388 e. The number of hydrogen-bond acceptors (Lipinski definition) is 5. The summed E-state index contributed by atoms with van der Waals surface area (Å²) in [6.45, 7) is 0.355. The number of carbonyl (C=O) groups is 1. The number of aromatic nitrogens is 1. The highest BCUT2D eigenvalue weighted by molar-refractivity contribution is 7.88. The molecular formula is C10H16N4O3S. The van der Waals surface area contributed by atoms with Crippen molar-refractivity contribution in [3.05, 3.63) is 24.0 Å². The summed E-state index contributed by atoms with van der Waals surface area (Å²) in [7, 11) is -1.48. The molecule has 0 unspecified atom stereocenters. The fraction of sp³-hybridized carbons (Fsp3) is 0.400. The van der Waals surface area contributed by atoms with Gasteiger partial charge in [-0.3, -0.25) is 9.78 Å². The number of amides is 1. The number of nitrogens with zero attached hydrogens (tertiary/aromatic N) is 1. The van der Waals surface area contributed by atoms with E-state index in [-0.39, 0.29) is 24.7 Å². The highest BCUT2D eigenvalue weighted by atomic mass is 32.2. The van der Waals surface area contributed by atoms with Crippen LogP contribution in [0, 0.1) is 0 Å². The molecule has 1 amide bonds. The summed E-state index contributed by atoms with van der Waals surface area (Å²) in [5.41, 5.74) is 1.06. The maximum atomic E-state index is 11.7. The second-order valence-corrected chi connectivity index (χ2v) is 5.44. The van der Waals surface area contributed by atoms with Crippen molar-refractivity contribution in [2.75, 3.05) is 31.7 Å². The molecule has 0 fully saturated rings. The van der Waals surface area contributed by atoms with E-state index in [0.29, 0.717) is 0 Å². The van der Waals surface area contributed by atoms with Gasteiger partial charge in [0.2, 0.25) is 10.0 Å². The third kappa shape index (κ3) is 5.11. The Bertz CT molecular complexity index is 516. The Hall–Kier alpha value is -1.67. The van der Waals surface area contributed by atoms with Gasteiger partial charge in [-0.05, 0) is 12.1 Å². The first kappa shape index (κ1) is 14.4. The van der Waals surface area contributed by atoms with E-state index in [1.54, 1.807) is 19.2 Å². The lowest BCUT2D eigenvalue weighted by molar-refractivity contribution is 0.0949. The smallest absolute Gasteiger partial charge is 0.269 e. The Morgan fingerprint density at radius 3 is 2.72 bits per heavy atom. The lowest BCUT2D eigenvalue weighted by atomic mass is 10.3. The van der Waals surface area contributed by atoms with Crippen LogP contribution in [0.4, 0.5) is 5.69 Å². The summed E-state index contributed by atoms with van der Waals surface area (Å²) in [4.78, 5) is 15.6. The molecule has 0 saturated carbocycles. The van der Waals surface area contributed by atoms with Crippen molar-refractivity contribution in [3.63, 3.8) is 0 Å². The molecule has 1 aromatic rings. The average molecular weight is 272 g/mol. The number of pyridine rings is 1. The van der Waals surface area contributed by atoms with E-state index >= 15 is 0 Å². The van der Waals surface area contributed by atoms with Gasteiger partial charge in [-0.2, -0.15) is 0 Å². The second-order valence-electron chi connectivity index (χ2n) is 3.60. The SMILES string of the molecule is CNc1ccnc(C(=O)NCCNS(C)(=O)=O)c1. The molecule has 0 aliphatic heterocycles. The molecule has 0 bridgehead atoms. The van der Waals surface area contributed by atoms with Gasteiger partial charge in [0.1, 0.15) is 5.69 Å². The topological polar surface area (TPSA) is 100 Å². The van der Waals surface area contributed by atoms with E-state index in [2.05, 4.69) is 20.3 Å². The first-order valence-corrected chi connectivity index (χ1v) is 7.18. The molecular weight excluding hydrogens is 256 g/mol. The number of rotatable bonds is 6. The third-order valence-electron chi connectivity index (χ3n) is 2.06. The predicted octanol–water partition coefficient (Wildman–Crippen LogP) is -0.598. The van der Waals surface area contributed by atoms with Gasteiger partial charge in [-0.1, -0.05) is 0 Å². The molecule has 7 nitrogen and oxygen atoms in total. The molecule has 0 spiro atoms. The minimum Gasteiger partial charge on any atom is -0.388 e. The molecule has 100 valence electrons. The van der Waals surface area contributed by atoms with Gasteiger partial charge in [-0.25, -0.2) is 13.1 Å². The first-order valence-electron chi connectivity index (χ1n) is 5.29. The van der Waals surface area contributed by atoms with Gasteiger partial charge < -0.3 is 10.6 Å². The van der Waals surface area contributed by atoms with E-state index < -0.39 is 10.0 Å². The molecule has 0 aliphatic rings. The van der Waals surface area contributed by atoms with Crippen molar-refractivity contribution < 1.29 is 13.2 Å². The molecule has 8 heteroatoms. The summed E-state index contributed by atoms with van der Waals surface area (Å²) < 4.78 is 23.8. The molecule has 1 heterocycles. The second kappa shape index (κ2) is 6.31. The predicted molar refractivity (Wildman–Crippen MR) is 69.0 cm³/mol. The van der Waals surface area contributed by atoms with Crippen molar-refractivity contribution in [1.29, 1.82) is 0 Å². The average Bonchev–Trinajstić information content (AvgIpc) is 2.33. The minimum absolute atomic E-state index is 0.149. The van der Waals surface area contributed by atoms with Crippen LogP contribution < -0.4 is 15.4 Å². The molecule has 0 aromatic carbocycles. The summed E-state index contributed by atoms with van der Waals surface area (Å²) in [6.07, 6.45) is 2.59. The Labute approximate surface area is 106 Å². The maximum absolute atomic E-state index is 11.7. The van der Waals surface area contributed by atoms with Crippen LogP contribution in [0.1, 0.15) is 10.5 Å². The first-order chi connectivity index (χ1) is 8.42. The van der Waals surface area contributed by atoms with Crippen LogP contribution in [0.5, 0.6) is 0 Å². The van der Waals surface area contributed by atoms with Crippen LogP contribution in [0.15, 0.2) is 18.3 Å². The maximum Gasteiger partial charge on any atom is 0.269 e. The number of carbonyl (C=O) groups excluding carboxylic acids is 1. The van der Waals surface area contributed by atoms with Gasteiger partial charge in [0.05, 0.1) is 6.26 Å². The lowest BCUT2D eigenvalue weighted by Crippen LogP contribution is -2.34. The van der Waals surface area contributed by atoms with E-state index in [9.17, 15) is 13.2 Å². The van der Waals surface area contributed by atoms with Gasteiger partial charge >= 0.3 is 0 Å². The zero-order valence-electron chi connectivity index (χ0n) is 10.2. The molecule has 18 heavy (non-hydrogen) atoms. The summed E-state index contributed by atoms with van der Waals surface area (Å²) in [5, 5.41) is 5.46. The fourth-order valence-electron chi connectivity index (χ4n) is 1.21. The third-order valence-corrected chi connectivity index (χ3v) is 2.78. The standard InChI is InChI=1S/C10H16N4O3S/c1-11-8-3-4-12-9(7-8)10(15)13-5-6-14-18(2,16)17/h3-4,7,14H,5-6H2,1-2H3,(H,11,12)(H,13,15). The van der Waals surface area contributed by atoms with E-state index in [1.165, 1.54) is 6.20 Å². The molecule has 0 saturated heterocycles. The Morgan fingerprint density at radius 1 is 1.39 bits per heavy atom. The quantitative estimate of drug-likeness (QED) is 0.601. The lowest BCUT2D eigenvalue weighted by Gasteiger charge is -2.06. The van der Waals surface area contributed by atoms with Crippen LogP contribution >= 0.6 is 0 Å². The molecule has 0 aliphatic carbocycles. The zero-order chi connectivity index (χ0) is 13.6. The van der Waals surface area contributed by atoms with Crippen LogP contribution in [0.25, 0.3) is 0 Å². The van der Waals surface area contributed by atoms with Crippen LogP contribution in [-0.2, 0) is 10.0 Å². The van der Waals surface area contributed by atoms with Crippen molar-refractivity contribution in [3.8, 4) is 0 Å². The number of sulfonamides is 1. The Balaban J connectivity index is 2.45. The van der Waals surface area contributed by atoms with Gasteiger partial charge in [-0.15, -0.1) is 0 Å². The van der Waals surface area contributed by atoms with Crippen LogP contribution in [0.3, 0.4) is 0 Å². The van der Waals surface area contributed by atoms with Gasteiger partial charge in [0.15, 0.2) is 0 Å². The zero-order valence-corrected chi connectivity index (χ0v) is 11.0. The monoisotopic (exact) mass is 272 g/mol. The number of anilines is 1. The molecule has 1 rings (SSSR count). The molecule has 3 N–H and O–H groups in total. The van der Waals surface area contributed by atoms with E-state index in [4.69, 9.17) is 0 Å². The molecule has 1 aromatic heterocycles. The summed E-state index contributed by atoms with van der Waals surface area (Å²) in [5.74, 6) is -0.345. The van der Waals surface area contributed by atoms with Crippen molar-refractivity contribution in [2.24, 2.45) is 0 Å². The van der Waals surface area contributed by atoms with Crippen molar-refractivity contribution in [2.45, 2.75) is 0 Å². The van der Waals surface area contributed by atoms with E-state index in [1.807, 2.05) is 0 Å². The van der Waals surface area contributed by atoms with Crippen molar-refractivity contribution in [1.82, 2.24) is 15.0 Å². The summed E-state index contributed by atoms with van der Waals surface area (Å²) >= 11 is 0. The summed E-state index contributed by atoms with van der Waals surface area (Å²) in [6, 6.07) is 3.35. The number of nitrogens with one attached hydrogen (secondary N) is 3. The van der Waals surface area contributed by atoms with E-state index in [0.717, 1.165) is 11.9 Å². The minimum atomic E-state index is -3.22. The molecule has 0 atom stereocenters. The van der Waals surface area contributed by atoms with Crippen LogP contribution in [-0.4, -0.2) is 45.7 Å². The highest BCUT2D eigenvalue weighted by Gasteiger charge is 2.07. The fourth-order valence-corrected chi connectivity index (χ4v) is 1.69. The molecule has 0 radical (unpaired) electrons. The Kier molecular flexibility index (Phi) is 5.05. The van der Waals surface area contributed by atoms with Gasteiger partial charge in [0, 0.05) is 32.0 Å². The Morgan fingerprint density at radius 2 is 2.11 bits per heavy atom. The highest BCUT2D eigenvalue weighted by Crippen LogP contribution is 2.06. The van der Waals surface area contributed by atoms with Gasteiger partial charge in [0.25, 0.3) is 5.91 Å².